The molecule has 0 aromatic heterocycles. The predicted molar refractivity (Wildman–Crippen MR) is 82.6 cm³/mol. The lowest BCUT2D eigenvalue weighted by Gasteiger charge is -2.38. The minimum Gasteiger partial charge on any atom is -0.327 e. The zero-order valence-electron chi connectivity index (χ0n) is 12.7. The highest BCUT2D eigenvalue weighted by atomic mass is 16.6. The van der Waals surface area contributed by atoms with Gasteiger partial charge < -0.3 is 5.32 Å². The monoisotopic (exact) mass is 315 g/mol. The zero-order chi connectivity index (χ0) is 16.6. The van der Waals surface area contributed by atoms with Crippen molar-refractivity contribution in [1.29, 1.82) is 0 Å². The molecule has 1 aromatic carbocycles. The molecule has 2 amide bonds. The molecule has 0 fully saturated rings. The van der Waals surface area contributed by atoms with Crippen molar-refractivity contribution in [3.63, 3.8) is 0 Å². The lowest BCUT2D eigenvalue weighted by molar-refractivity contribution is -0.384. The second-order valence-corrected chi connectivity index (χ2v) is 5.62. The molecular formula is C16H17N3O4. The highest BCUT2D eigenvalue weighted by Crippen LogP contribution is 2.37. The number of carbonyl (C=O) groups is 2. The fourth-order valence-corrected chi connectivity index (χ4v) is 3.25. The van der Waals surface area contributed by atoms with Gasteiger partial charge in [0.25, 0.3) is 5.69 Å². The summed E-state index contributed by atoms with van der Waals surface area (Å²) in [7, 11) is 0. The molecule has 2 aliphatic rings. The number of hydrogen-bond donors (Lipinski definition) is 1. The van der Waals surface area contributed by atoms with Crippen molar-refractivity contribution >= 4 is 17.5 Å². The van der Waals surface area contributed by atoms with Gasteiger partial charge in [-0.1, -0.05) is 12.1 Å². The molecule has 7 heteroatoms. The Morgan fingerprint density at radius 1 is 1.35 bits per heavy atom. The number of Topliss-reactive ketones (excluding diaryl/α,β-unsaturated/α-hetero) is 1. The van der Waals surface area contributed by atoms with Crippen LogP contribution in [0.1, 0.15) is 37.8 Å². The second kappa shape index (κ2) is 5.83. The van der Waals surface area contributed by atoms with E-state index in [4.69, 9.17) is 0 Å². The number of hydrogen-bond acceptors (Lipinski definition) is 4. The van der Waals surface area contributed by atoms with Gasteiger partial charge in [0.2, 0.25) is 0 Å². The third-order valence-corrected chi connectivity index (χ3v) is 4.29. The van der Waals surface area contributed by atoms with E-state index in [1.54, 1.807) is 17.0 Å². The number of rotatable bonds is 3. The number of carbonyl (C=O) groups excluding carboxylic acids is 2. The van der Waals surface area contributed by atoms with E-state index in [2.05, 4.69) is 5.32 Å². The minimum absolute atomic E-state index is 0.00112. The van der Waals surface area contributed by atoms with Gasteiger partial charge in [0, 0.05) is 36.4 Å². The van der Waals surface area contributed by atoms with E-state index >= 15 is 0 Å². The molecule has 0 spiro atoms. The normalized spacial score (nSPS) is 21.1. The average Bonchev–Trinajstić information content (AvgIpc) is 2.54. The molecule has 0 saturated carbocycles. The molecule has 0 radical (unpaired) electrons. The molecular weight excluding hydrogens is 298 g/mol. The van der Waals surface area contributed by atoms with Crippen LogP contribution in [0, 0.1) is 10.1 Å². The first kappa shape index (κ1) is 15.2. The van der Waals surface area contributed by atoms with Crippen LogP contribution < -0.4 is 5.32 Å². The Bertz CT molecular complexity index is 726. The number of non-ortho nitro benzene ring substituents is 1. The summed E-state index contributed by atoms with van der Waals surface area (Å²) >= 11 is 0. The first-order valence-corrected chi connectivity index (χ1v) is 7.61. The second-order valence-electron chi connectivity index (χ2n) is 5.62. The number of nitrogens with zero attached hydrogens (tertiary/aromatic N) is 2. The van der Waals surface area contributed by atoms with Gasteiger partial charge in [0.1, 0.15) is 0 Å². The third kappa shape index (κ3) is 2.58. The van der Waals surface area contributed by atoms with Crippen LogP contribution in [0.5, 0.6) is 0 Å². The minimum atomic E-state index is -0.618. The summed E-state index contributed by atoms with van der Waals surface area (Å²) in [5, 5.41) is 13.8. The molecule has 0 bridgehead atoms. The smallest absolute Gasteiger partial charge is 0.322 e. The largest absolute Gasteiger partial charge is 0.327 e. The van der Waals surface area contributed by atoms with Gasteiger partial charge in [-0.2, -0.15) is 0 Å². The Hall–Kier alpha value is -2.70. The van der Waals surface area contributed by atoms with Crippen LogP contribution in [0.4, 0.5) is 10.5 Å². The van der Waals surface area contributed by atoms with Crippen LogP contribution in [-0.2, 0) is 4.79 Å². The molecule has 1 heterocycles. The molecule has 1 atom stereocenters. The van der Waals surface area contributed by atoms with Gasteiger partial charge in [-0.05, 0) is 25.3 Å². The molecule has 120 valence electrons. The molecule has 1 aliphatic heterocycles. The predicted octanol–water partition coefficient (Wildman–Crippen LogP) is 2.69. The van der Waals surface area contributed by atoms with Crippen molar-refractivity contribution in [2.24, 2.45) is 0 Å². The van der Waals surface area contributed by atoms with Crippen LogP contribution in [0.2, 0.25) is 0 Å². The van der Waals surface area contributed by atoms with E-state index in [-0.39, 0.29) is 17.5 Å². The lowest BCUT2D eigenvalue weighted by Crippen LogP contribution is -2.49. The number of nitrogens with one attached hydrogen (secondary N) is 1. The van der Waals surface area contributed by atoms with Crippen molar-refractivity contribution in [1.82, 2.24) is 10.2 Å². The molecule has 7 nitrogen and oxygen atoms in total. The number of nitro groups is 1. The van der Waals surface area contributed by atoms with Gasteiger partial charge in [-0.3, -0.25) is 19.8 Å². The van der Waals surface area contributed by atoms with Crippen LogP contribution in [0.15, 0.2) is 35.5 Å². The van der Waals surface area contributed by atoms with Crippen LogP contribution >= 0.6 is 0 Å². The molecule has 0 saturated heterocycles. The van der Waals surface area contributed by atoms with E-state index in [0.29, 0.717) is 30.5 Å². The maximum atomic E-state index is 12.4. The topological polar surface area (TPSA) is 92.6 Å². The van der Waals surface area contributed by atoms with Crippen molar-refractivity contribution < 1.29 is 14.5 Å². The number of amides is 2. The van der Waals surface area contributed by atoms with E-state index in [0.717, 1.165) is 12.1 Å². The average molecular weight is 315 g/mol. The van der Waals surface area contributed by atoms with Crippen molar-refractivity contribution in [3.8, 4) is 0 Å². The SMILES string of the molecule is CCN1C(=O)NC(c2cccc([N+](=O)[O-])c2)C2=C1CCCC2=O. The summed E-state index contributed by atoms with van der Waals surface area (Å²) in [5.74, 6) is 0.00112. The first-order valence-electron chi connectivity index (χ1n) is 7.61. The molecule has 1 aromatic rings. The van der Waals surface area contributed by atoms with Gasteiger partial charge in [0.15, 0.2) is 5.78 Å². The molecule has 1 aliphatic carbocycles. The highest BCUT2D eigenvalue weighted by molar-refractivity contribution is 6.01. The van der Waals surface area contributed by atoms with Gasteiger partial charge in [-0.25, -0.2) is 4.79 Å². The van der Waals surface area contributed by atoms with Gasteiger partial charge in [0.05, 0.1) is 11.0 Å². The maximum Gasteiger partial charge on any atom is 0.322 e. The summed E-state index contributed by atoms with van der Waals surface area (Å²) in [6.07, 6.45) is 1.84. The summed E-state index contributed by atoms with van der Waals surface area (Å²) in [4.78, 5) is 36.8. The lowest BCUT2D eigenvalue weighted by atomic mass is 9.84. The van der Waals surface area contributed by atoms with Crippen LogP contribution in [0.3, 0.4) is 0 Å². The third-order valence-electron chi connectivity index (χ3n) is 4.29. The summed E-state index contributed by atoms with van der Waals surface area (Å²) in [6, 6.07) is 5.19. The summed E-state index contributed by atoms with van der Waals surface area (Å²) in [6.45, 7) is 2.34. The van der Waals surface area contributed by atoms with E-state index in [1.165, 1.54) is 12.1 Å². The number of benzene rings is 1. The Kier molecular flexibility index (Phi) is 3.85. The number of allylic oxidation sites excluding steroid dienone is 1. The Morgan fingerprint density at radius 3 is 2.83 bits per heavy atom. The van der Waals surface area contributed by atoms with E-state index in [9.17, 15) is 19.7 Å². The Labute approximate surface area is 133 Å². The number of nitro benzene ring substituents is 1. The van der Waals surface area contributed by atoms with Crippen molar-refractivity contribution in [2.45, 2.75) is 32.2 Å². The van der Waals surface area contributed by atoms with Crippen molar-refractivity contribution in [2.75, 3.05) is 6.54 Å². The number of urea groups is 1. The van der Waals surface area contributed by atoms with E-state index < -0.39 is 11.0 Å². The standard InChI is InChI=1S/C16H17N3O4/c1-2-18-12-7-4-8-13(20)14(12)15(17-16(18)21)10-5-3-6-11(9-10)19(22)23/h3,5-6,9,15H,2,4,7-8H2,1H3,(H,17,21). The first-order chi connectivity index (χ1) is 11.0. The van der Waals surface area contributed by atoms with Gasteiger partial charge in [-0.15, -0.1) is 0 Å². The number of ketones is 1. The Morgan fingerprint density at radius 2 is 2.13 bits per heavy atom. The molecule has 1 N–H and O–H groups in total. The molecule has 3 rings (SSSR count). The fourth-order valence-electron chi connectivity index (χ4n) is 3.25. The van der Waals surface area contributed by atoms with E-state index in [1.807, 2.05) is 6.92 Å². The summed E-state index contributed by atoms with van der Waals surface area (Å²) < 4.78 is 0. The zero-order valence-corrected chi connectivity index (χ0v) is 12.7. The van der Waals surface area contributed by atoms with Crippen LogP contribution in [-0.4, -0.2) is 28.2 Å². The van der Waals surface area contributed by atoms with Crippen molar-refractivity contribution in [3.05, 3.63) is 51.2 Å². The quantitative estimate of drug-likeness (QED) is 0.685. The molecule has 23 heavy (non-hydrogen) atoms. The summed E-state index contributed by atoms with van der Waals surface area (Å²) in [5.41, 5.74) is 1.83. The highest BCUT2D eigenvalue weighted by Gasteiger charge is 2.38. The van der Waals surface area contributed by atoms with Gasteiger partial charge >= 0.3 is 6.03 Å². The maximum absolute atomic E-state index is 12.4. The fraction of sp³-hybridized carbons (Fsp3) is 0.375. The Balaban J connectivity index is 2.11. The van der Waals surface area contributed by atoms with Crippen LogP contribution in [0.25, 0.3) is 0 Å². The molecule has 1 unspecified atom stereocenters.